The van der Waals surface area contributed by atoms with Gasteiger partial charge in [0.25, 0.3) is 5.82 Å². The van der Waals surface area contributed by atoms with Gasteiger partial charge in [-0.3, -0.25) is 0 Å². The van der Waals surface area contributed by atoms with Crippen molar-refractivity contribution in [1.82, 2.24) is 4.57 Å². The Bertz CT molecular complexity index is 590. The molecular formula is C36H71N2+. The van der Waals surface area contributed by atoms with Crippen LogP contribution < -0.4 is 4.57 Å². The Labute approximate surface area is 240 Å². The summed E-state index contributed by atoms with van der Waals surface area (Å²) in [5, 5.41) is 0. The van der Waals surface area contributed by atoms with Crippen molar-refractivity contribution in [2.45, 2.75) is 207 Å². The topological polar surface area (TPSA) is 8.81 Å². The third-order valence-electron chi connectivity index (χ3n) is 8.72. The van der Waals surface area contributed by atoms with Crippen LogP contribution >= 0.6 is 0 Å². The van der Waals surface area contributed by atoms with Gasteiger partial charge in [0.1, 0.15) is 12.4 Å². The van der Waals surface area contributed by atoms with Gasteiger partial charge in [-0.1, -0.05) is 174 Å². The fourth-order valence-corrected chi connectivity index (χ4v) is 6.03. The average Bonchev–Trinajstić information content (AvgIpc) is 3.27. The number of unbranched alkanes of at least 4 members (excludes halogenated alkanes) is 26. The molecule has 0 spiro atoms. The van der Waals surface area contributed by atoms with Crippen molar-refractivity contribution in [2.24, 2.45) is 7.05 Å². The highest BCUT2D eigenvalue weighted by Crippen LogP contribution is 2.15. The second-order valence-corrected chi connectivity index (χ2v) is 12.5. The van der Waals surface area contributed by atoms with Gasteiger partial charge < -0.3 is 0 Å². The number of nitrogens with zero attached hydrogens (tertiary/aromatic N) is 2. The maximum absolute atomic E-state index is 2.54. The molecule has 2 nitrogen and oxygen atoms in total. The lowest BCUT2D eigenvalue weighted by Crippen LogP contribution is -2.37. The van der Waals surface area contributed by atoms with Gasteiger partial charge in [0.15, 0.2) is 0 Å². The number of hydrogen-bond acceptors (Lipinski definition) is 0. The van der Waals surface area contributed by atoms with Crippen molar-refractivity contribution in [1.29, 1.82) is 0 Å². The molecule has 224 valence electrons. The number of hydrogen-bond donors (Lipinski definition) is 0. The molecule has 1 aromatic rings. The van der Waals surface area contributed by atoms with Crippen molar-refractivity contribution in [3.05, 3.63) is 18.2 Å². The fraction of sp³-hybridized carbons (Fsp3) is 0.917. The maximum Gasteiger partial charge on any atom is 0.256 e. The predicted octanol–water partition coefficient (Wildman–Crippen LogP) is 11.8. The third kappa shape index (κ3) is 21.1. The van der Waals surface area contributed by atoms with Crippen LogP contribution in [0.15, 0.2) is 12.4 Å². The van der Waals surface area contributed by atoms with Crippen LogP contribution in [0.4, 0.5) is 0 Å². The van der Waals surface area contributed by atoms with E-state index in [4.69, 9.17) is 0 Å². The Balaban J connectivity index is 1.91. The first-order chi connectivity index (χ1) is 18.8. The highest BCUT2D eigenvalue weighted by atomic mass is 15.1. The molecule has 1 rings (SSSR count). The van der Waals surface area contributed by atoms with E-state index in [0.29, 0.717) is 0 Å². The van der Waals surface area contributed by atoms with Gasteiger partial charge >= 0.3 is 0 Å². The van der Waals surface area contributed by atoms with Crippen molar-refractivity contribution < 1.29 is 4.57 Å². The summed E-state index contributed by atoms with van der Waals surface area (Å²) in [5.41, 5.74) is 0. The lowest BCUT2D eigenvalue weighted by atomic mass is 10.0. The highest BCUT2D eigenvalue weighted by molar-refractivity contribution is 4.82. The monoisotopic (exact) mass is 532 g/mol. The van der Waals surface area contributed by atoms with Gasteiger partial charge in [0, 0.05) is 6.42 Å². The Kier molecular flexibility index (Phi) is 25.7. The Morgan fingerprint density at radius 1 is 0.447 bits per heavy atom. The number of aromatic nitrogens is 2. The van der Waals surface area contributed by atoms with Gasteiger partial charge in [-0.15, -0.1) is 0 Å². The molecule has 0 saturated carbocycles. The van der Waals surface area contributed by atoms with Crippen LogP contribution in [0.2, 0.25) is 0 Å². The van der Waals surface area contributed by atoms with E-state index in [1.807, 2.05) is 0 Å². The van der Waals surface area contributed by atoms with Gasteiger partial charge in [0.05, 0.1) is 13.6 Å². The van der Waals surface area contributed by atoms with Crippen LogP contribution in [0.3, 0.4) is 0 Å². The molecule has 0 aromatic carbocycles. The van der Waals surface area contributed by atoms with Crippen molar-refractivity contribution in [2.75, 3.05) is 0 Å². The zero-order valence-corrected chi connectivity index (χ0v) is 26.8. The molecule has 0 amide bonds. The Morgan fingerprint density at radius 3 is 1.13 bits per heavy atom. The molecule has 0 aliphatic heterocycles. The lowest BCUT2D eigenvalue weighted by Gasteiger charge is -2.05. The van der Waals surface area contributed by atoms with E-state index < -0.39 is 0 Å². The largest absolute Gasteiger partial charge is 0.256 e. The first-order valence-corrected chi connectivity index (χ1v) is 17.8. The first kappa shape index (κ1) is 35.2. The van der Waals surface area contributed by atoms with Crippen LogP contribution in [-0.2, 0) is 20.0 Å². The summed E-state index contributed by atoms with van der Waals surface area (Å²) >= 11 is 0. The minimum atomic E-state index is 1.22. The van der Waals surface area contributed by atoms with E-state index >= 15 is 0 Å². The van der Waals surface area contributed by atoms with E-state index in [1.54, 1.807) is 0 Å². The fourth-order valence-electron chi connectivity index (χ4n) is 6.03. The van der Waals surface area contributed by atoms with Crippen molar-refractivity contribution in [3.63, 3.8) is 0 Å². The summed E-state index contributed by atoms with van der Waals surface area (Å²) in [7, 11) is 2.24. The molecule has 0 fully saturated rings. The van der Waals surface area contributed by atoms with Crippen LogP contribution in [0.25, 0.3) is 0 Å². The van der Waals surface area contributed by atoms with E-state index in [2.05, 4.69) is 42.4 Å². The Hall–Kier alpha value is -0.790. The molecule has 0 saturated heterocycles. The number of imidazole rings is 1. The molecule has 0 N–H and O–H groups in total. The van der Waals surface area contributed by atoms with Gasteiger partial charge in [0.2, 0.25) is 0 Å². The van der Waals surface area contributed by atoms with E-state index in [9.17, 15) is 0 Å². The summed E-state index contributed by atoms with van der Waals surface area (Å²) in [6, 6.07) is 0. The van der Waals surface area contributed by atoms with Crippen LogP contribution in [0.1, 0.15) is 199 Å². The normalized spacial score (nSPS) is 11.6. The average molecular weight is 532 g/mol. The van der Waals surface area contributed by atoms with Crippen molar-refractivity contribution in [3.8, 4) is 0 Å². The van der Waals surface area contributed by atoms with Crippen LogP contribution in [0.5, 0.6) is 0 Å². The van der Waals surface area contributed by atoms with Crippen LogP contribution in [0, 0.1) is 0 Å². The molecule has 38 heavy (non-hydrogen) atoms. The number of rotatable bonds is 30. The predicted molar refractivity (Wildman–Crippen MR) is 170 cm³/mol. The van der Waals surface area contributed by atoms with Gasteiger partial charge in [-0.2, -0.15) is 0 Å². The van der Waals surface area contributed by atoms with E-state index in [0.717, 1.165) is 0 Å². The molecule has 1 heterocycles. The minimum Gasteiger partial charge on any atom is -0.237 e. The molecule has 0 atom stereocenters. The second kappa shape index (κ2) is 27.8. The summed E-state index contributed by atoms with van der Waals surface area (Å²) in [5.74, 6) is 1.54. The Morgan fingerprint density at radius 2 is 0.763 bits per heavy atom. The smallest absolute Gasteiger partial charge is 0.237 e. The summed E-state index contributed by atoms with van der Waals surface area (Å²) in [4.78, 5) is 0. The second-order valence-electron chi connectivity index (χ2n) is 12.5. The highest BCUT2D eigenvalue weighted by Gasteiger charge is 2.13. The van der Waals surface area contributed by atoms with E-state index in [1.165, 1.54) is 199 Å². The number of aryl methyl sites for hydroxylation is 2. The quantitative estimate of drug-likeness (QED) is 0.0689. The maximum atomic E-state index is 2.54. The first-order valence-electron chi connectivity index (χ1n) is 17.8. The minimum absolute atomic E-state index is 1.22. The summed E-state index contributed by atoms with van der Waals surface area (Å²) in [6.07, 6.45) is 46.2. The molecule has 0 radical (unpaired) electrons. The zero-order valence-electron chi connectivity index (χ0n) is 26.8. The third-order valence-corrected chi connectivity index (χ3v) is 8.72. The summed E-state index contributed by atoms with van der Waals surface area (Å²) < 4.78 is 4.91. The molecule has 1 aromatic heterocycles. The molecule has 2 heteroatoms. The zero-order chi connectivity index (χ0) is 27.4. The molecule has 0 bridgehead atoms. The SMILES string of the molecule is CCCCCCCCCCCCCCCCCC[n+]1ccn(C)c1CCCCCCCCCCCCCC. The standard InChI is InChI=1S/C36H71N2/c1-4-6-8-10-12-14-16-18-19-20-21-23-25-27-29-31-33-38-35-34-37(3)36(38)32-30-28-26-24-22-17-15-13-11-9-7-5-2/h34-35H,4-33H2,1-3H3/q+1. The molecule has 0 unspecified atom stereocenters. The van der Waals surface area contributed by atoms with Crippen molar-refractivity contribution >= 4 is 0 Å². The molecule has 0 aliphatic carbocycles. The summed E-state index contributed by atoms with van der Waals surface area (Å²) in [6.45, 7) is 5.83. The van der Waals surface area contributed by atoms with Crippen LogP contribution in [-0.4, -0.2) is 4.57 Å². The molecule has 0 aliphatic rings. The van der Waals surface area contributed by atoms with Gasteiger partial charge in [-0.05, 0) is 19.3 Å². The van der Waals surface area contributed by atoms with Gasteiger partial charge in [-0.25, -0.2) is 9.13 Å². The molecular weight excluding hydrogens is 460 g/mol. The van der Waals surface area contributed by atoms with E-state index in [-0.39, 0.29) is 0 Å². The lowest BCUT2D eigenvalue weighted by molar-refractivity contribution is -0.704.